The zero-order valence-corrected chi connectivity index (χ0v) is 11.1. The molecule has 6 heteroatoms. The van der Waals surface area contributed by atoms with Gasteiger partial charge in [0.05, 0.1) is 0 Å². The molecule has 0 atom stereocenters. The molecule has 1 aromatic carbocycles. The Hall–Kier alpha value is -0.780. The van der Waals surface area contributed by atoms with Crippen LogP contribution in [0.3, 0.4) is 0 Å². The first kappa shape index (κ1) is 13.6. The topological polar surface area (TPSA) is 3.24 Å². The second-order valence-electron chi connectivity index (χ2n) is 4.38. The predicted molar refractivity (Wildman–Crippen MR) is 65.5 cm³/mol. The van der Waals surface area contributed by atoms with Crippen LogP contribution < -0.4 is 4.90 Å². The van der Waals surface area contributed by atoms with Gasteiger partial charge in [0.1, 0.15) is 12.4 Å². The molecule has 100 valence electrons. The number of anilines is 1. The van der Waals surface area contributed by atoms with Crippen LogP contribution in [0, 0.1) is 5.82 Å². The fourth-order valence-electron chi connectivity index (χ4n) is 1.93. The molecule has 0 amide bonds. The van der Waals surface area contributed by atoms with E-state index in [-0.39, 0.29) is 6.04 Å². The van der Waals surface area contributed by atoms with E-state index < -0.39 is 18.5 Å². The summed E-state index contributed by atoms with van der Waals surface area (Å²) in [4.78, 5) is 1.33. The minimum atomic E-state index is -4.25. The van der Waals surface area contributed by atoms with Crippen molar-refractivity contribution in [2.24, 2.45) is 0 Å². The van der Waals surface area contributed by atoms with Crippen molar-refractivity contribution >= 4 is 21.6 Å². The number of benzene rings is 1. The summed E-state index contributed by atoms with van der Waals surface area (Å²) in [6.45, 7) is -0.983. The number of nitrogens with zero attached hydrogens (tertiary/aromatic N) is 1. The number of hydrogen-bond acceptors (Lipinski definition) is 1. The molecule has 0 saturated heterocycles. The molecule has 0 N–H and O–H groups in total. The first-order valence-electron chi connectivity index (χ1n) is 5.58. The molecule has 18 heavy (non-hydrogen) atoms. The van der Waals surface area contributed by atoms with Gasteiger partial charge in [0, 0.05) is 17.1 Å². The van der Waals surface area contributed by atoms with Gasteiger partial charge < -0.3 is 4.90 Å². The third-order valence-corrected chi connectivity index (χ3v) is 3.44. The Morgan fingerprint density at radius 1 is 1.28 bits per heavy atom. The largest absolute Gasteiger partial charge is 0.405 e. The van der Waals surface area contributed by atoms with E-state index in [4.69, 9.17) is 0 Å². The summed E-state index contributed by atoms with van der Waals surface area (Å²) in [6, 6.07) is 3.83. The van der Waals surface area contributed by atoms with Gasteiger partial charge in [0.2, 0.25) is 0 Å². The molecular formula is C12H12BrF4N. The molecule has 0 bridgehead atoms. The van der Waals surface area contributed by atoms with Gasteiger partial charge in [-0.25, -0.2) is 4.39 Å². The van der Waals surface area contributed by atoms with Crippen molar-refractivity contribution < 1.29 is 17.6 Å². The molecule has 1 fully saturated rings. The SMILES string of the molecule is Fc1ccc(N(CC(F)(F)F)C2CC2)c(CBr)c1. The van der Waals surface area contributed by atoms with Gasteiger partial charge in [0.15, 0.2) is 0 Å². The Bertz CT molecular complexity index is 429. The highest BCUT2D eigenvalue weighted by atomic mass is 79.9. The van der Waals surface area contributed by atoms with Crippen molar-refractivity contribution in [2.45, 2.75) is 30.4 Å². The zero-order chi connectivity index (χ0) is 13.3. The van der Waals surface area contributed by atoms with Gasteiger partial charge in [0.25, 0.3) is 0 Å². The third kappa shape index (κ3) is 3.37. The van der Waals surface area contributed by atoms with E-state index in [1.54, 1.807) is 0 Å². The van der Waals surface area contributed by atoms with Crippen molar-refractivity contribution in [1.82, 2.24) is 0 Å². The van der Waals surface area contributed by atoms with E-state index in [2.05, 4.69) is 15.9 Å². The van der Waals surface area contributed by atoms with Crippen molar-refractivity contribution in [1.29, 1.82) is 0 Å². The van der Waals surface area contributed by atoms with E-state index in [0.29, 0.717) is 16.6 Å². The van der Waals surface area contributed by atoms with Gasteiger partial charge in [-0.05, 0) is 36.6 Å². The smallest absolute Gasteiger partial charge is 0.359 e. The van der Waals surface area contributed by atoms with E-state index >= 15 is 0 Å². The molecule has 1 saturated carbocycles. The monoisotopic (exact) mass is 325 g/mol. The summed E-state index contributed by atoms with van der Waals surface area (Å²) in [5, 5.41) is 0.334. The van der Waals surface area contributed by atoms with Gasteiger partial charge in [-0.1, -0.05) is 15.9 Å². The molecule has 0 aliphatic heterocycles. The van der Waals surface area contributed by atoms with Gasteiger partial charge in [-0.2, -0.15) is 13.2 Å². The van der Waals surface area contributed by atoms with Gasteiger partial charge in [-0.3, -0.25) is 0 Å². The Morgan fingerprint density at radius 3 is 2.44 bits per heavy atom. The van der Waals surface area contributed by atoms with Crippen molar-refractivity contribution in [3.05, 3.63) is 29.6 Å². The van der Waals surface area contributed by atoms with Gasteiger partial charge >= 0.3 is 6.18 Å². The predicted octanol–water partition coefficient (Wildman–Crippen LogP) is 4.25. The minimum absolute atomic E-state index is 0.0742. The van der Waals surface area contributed by atoms with Crippen LogP contribution in [0.4, 0.5) is 23.2 Å². The Morgan fingerprint density at radius 2 is 1.94 bits per heavy atom. The van der Waals surface area contributed by atoms with Crippen LogP contribution in [0.5, 0.6) is 0 Å². The summed E-state index contributed by atoms with van der Waals surface area (Å²) >= 11 is 3.19. The first-order chi connectivity index (χ1) is 8.40. The number of hydrogen-bond donors (Lipinski definition) is 0. The molecule has 0 unspecified atom stereocenters. The van der Waals surface area contributed by atoms with Crippen molar-refractivity contribution in [3.8, 4) is 0 Å². The second kappa shape index (κ2) is 5.07. The van der Waals surface area contributed by atoms with Crippen LogP contribution in [0.15, 0.2) is 18.2 Å². The van der Waals surface area contributed by atoms with Crippen molar-refractivity contribution in [2.75, 3.05) is 11.4 Å². The molecule has 2 rings (SSSR count). The van der Waals surface area contributed by atoms with Crippen LogP contribution in [-0.4, -0.2) is 18.8 Å². The number of alkyl halides is 4. The maximum absolute atomic E-state index is 13.1. The molecule has 0 radical (unpaired) electrons. The highest BCUT2D eigenvalue weighted by Gasteiger charge is 2.38. The lowest BCUT2D eigenvalue weighted by Crippen LogP contribution is -2.36. The van der Waals surface area contributed by atoms with E-state index in [1.165, 1.54) is 23.1 Å². The molecule has 1 nitrogen and oxygen atoms in total. The summed E-state index contributed by atoms with van der Waals surface area (Å²) in [6.07, 6.45) is -2.73. The fraction of sp³-hybridized carbons (Fsp3) is 0.500. The second-order valence-corrected chi connectivity index (χ2v) is 4.94. The van der Waals surface area contributed by atoms with Crippen LogP contribution in [0.25, 0.3) is 0 Å². The van der Waals surface area contributed by atoms with Crippen LogP contribution in [0.2, 0.25) is 0 Å². The summed E-state index contributed by atoms with van der Waals surface area (Å²) in [5.41, 5.74) is 1.01. The lowest BCUT2D eigenvalue weighted by Gasteiger charge is -2.27. The Kier molecular flexibility index (Phi) is 3.84. The van der Waals surface area contributed by atoms with Crippen LogP contribution >= 0.6 is 15.9 Å². The average molecular weight is 326 g/mol. The Labute approximate surface area is 111 Å². The van der Waals surface area contributed by atoms with E-state index in [0.717, 1.165) is 12.8 Å². The summed E-state index contributed by atoms with van der Waals surface area (Å²) in [7, 11) is 0. The molecule has 1 aromatic rings. The third-order valence-electron chi connectivity index (χ3n) is 2.83. The quantitative estimate of drug-likeness (QED) is 0.591. The lowest BCUT2D eigenvalue weighted by atomic mass is 10.1. The summed E-state index contributed by atoms with van der Waals surface area (Å²) < 4.78 is 50.8. The fourth-order valence-corrected chi connectivity index (χ4v) is 2.38. The lowest BCUT2D eigenvalue weighted by molar-refractivity contribution is -0.120. The van der Waals surface area contributed by atoms with E-state index in [9.17, 15) is 17.6 Å². The molecular weight excluding hydrogens is 314 g/mol. The van der Waals surface area contributed by atoms with Crippen molar-refractivity contribution in [3.63, 3.8) is 0 Å². The average Bonchev–Trinajstić information content (AvgIpc) is 3.08. The normalized spacial score (nSPS) is 15.8. The molecule has 0 spiro atoms. The number of halogens is 5. The highest BCUT2D eigenvalue weighted by molar-refractivity contribution is 9.08. The molecule has 0 aromatic heterocycles. The highest BCUT2D eigenvalue weighted by Crippen LogP contribution is 2.36. The van der Waals surface area contributed by atoms with Gasteiger partial charge in [-0.15, -0.1) is 0 Å². The molecule has 0 heterocycles. The van der Waals surface area contributed by atoms with E-state index in [1.807, 2.05) is 0 Å². The van der Waals surface area contributed by atoms with Crippen LogP contribution in [0.1, 0.15) is 18.4 Å². The maximum atomic E-state index is 13.1. The molecule has 1 aliphatic carbocycles. The maximum Gasteiger partial charge on any atom is 0.405 e. The molecule has 1 aliphatic rings. The Balaban J connectivity index is 2.30. The first-order valence-corrected chi connectivity index (χ1v) is 6.70. The standard InChI is InChI=1S/C12H12BrF4N/c13-6-8-5-9(14)1-4-11(8)18(10-2-3-10)7-12(15,16)17/h1,4-5,10H,2-3,6-7H2. The zero-order valence-electron chi connectivity index (χ0n) is 9.47. The number of rotatable bonds is 4. The summed E-state index contributed by atoms with van der Waals surface area (Å²) in [5.74, 6) is -0.434. The minimum Gasteiger partial charge on any atom is -0.359 e. The van der Waals surface area contributed by atoms with Crippen LogP contribution in [-0.2, 0) is 5.33 Å².